The fourth-order valence-electron chi connectivity index (χ4n) is 2.03. The van der Waals surface area contributed by atoms with Crippen LogP contribution in [0.5, 0.6) is 0 Å². The van der Waals surface area contributed by atoms with E-state index in [0.29, 0.717) is 22.4 Å². The van der Waals surface area contributed by atoms with Gasteiger partial charge in [-0.1, -0.05) is 41.7 Å². The van der Waals surface area contributed by atoms with Crippen molar-refractivity contribution in [2.75, 3.05) is 24.2 Å². The number of carbonyl (C=O) groups excluding carboxylic acids is 2. The molecule has 1 aliphatic heterocycles. The third-order valence-electron chi connectivity index (χ3n) is 3.09. The van der Waals surface area contributed by atoms with E-state index in [1.54, 1.807) is 7.05 Å². The number of nitrogens with zero attached hydrogens (tertiary/aromatic N) is 2. The minimum absolute atomic E-state index is 0.0503. The van der Waals surface area contributed by atoms with Crippen LogP contribution in [0.1, 0.15) is 15.2 Å². The van der Waals surface area contributed by atoms with Crippen molar-refractivity contribution in [1.82, 2.24) is 9.88 Å². The molecule has 0 unspecified atom stereocenters. The third-order valence-corrected chi connectivity index (χ3v) is 4.09. The molecular formula is C14H14N4O2S. The summed E-state index contributed by atoms with van der Waals surface area (Å²) in [6, 6.07) is 9.90. The van der Waals surface area contributed by atoms with Crippen LogP contribution < -0.4 is 10.6 Å². The van der Waals surface area contributed by atoms with Crippen LogP contribution in [0, 0.1) is 0 Å². The normalized spacial score (nSPS) is 14.4. The molecule has 2 heterocycles. The average Bonchev–Trinajstić information content (AvgIpc) is 2.84. The minimum atomic E-state index is -0.232. The third kappa shape index (κ3) is 2.87. The van der Waals surface area contributed by atoms with Gasteiger partial charge in [-0.25, -0.2) is 4.98 Å². The van der Waals surface area contributed by atoms with Crippen LogP contribution in [0.15, 0.2) is 30.3 Å². The molecule has 0 fully saturated rings. The molecule has 0 saturated heterocycles. The summed E-state index contributed by atoms with van der Waals surface area (Å²) in [5.74, 6) is -0.0759. The van der Waals surface area contributed by atoms with Crippen molar-refractivity contribution in [2.45, 2.75) is 6.54 Å². The second-order valence-electron chi connectivity index (χ2n) is 4.75. The van der Waals surface area contributed by atoms with Gasteiger partial charge in [-0.15, -0.1) is 0 Å². The first-order valence-corrected chi connectivity index (χ1v) is 7.29. The van der Waals surface area contributed by atoms with Crippen molar-refractivity contribution in [3.05, 3.63) is 40.8 Å². The Labute approximate surface area is 125 Å². The number of thiazole rings is 1. The van der Waals surface area contributed by atoms with Crippen LogP contribution in [-0.2, 0) is 11.3 Å². The highest BCUT2D eigenvalue weighted by Crippen LogP contribution is 2.30. The van der Waals surface area contributed by atoms with Gasteiger partial charge in [0.15, 0.2) is 10.9 Å². The summed E-state index contributed by atoms with van der Waals surface area (Å²) >= 11 is 1.25. The predicted molar refractivity (Wildman–Crippen MR) is 81.5 cm³/mol. The van der Waals surface area contributed by atoms with Gasteiger partial charge in [0.1, 0.15) is 4.88 Å². The van der Waals surface area contributed by atoms with E-state index in [1.165, 1.54) is 16.2 Å². The van der Waals surface area contributed by atoms with E-state index in [4.69, 9.17) is 0 Å². The first kappa shape index (κ1) is 13.6. The van der Waals surface area contributed by atoms with E-state index >= 15 is 0 Å². The van der Waals surface area contributed by atoms with E-state index in [9.17, 15) is 9.59 Å². The summed E-state index contributed by atoms with van der Waals surface area (Å²) in [5.41, 5.74) is 1.12. The number of likely N-dealkylation sites (N-methyl/N-ethyl adjacent to an activating group) is 1. The van der Waals surface area contributed by atoms with Crippen molar-refractivity contribution in [3.8, 4) is 0 Å². The molecule has 0 radical (unpaired) electrons. The van der Waals surface area contributed by atoms with Crippen LogP contribution >= 0.6 is 11.3 Å². The quantitative estimate of drug-likeness (QED) is 0.906. The summed E-state index contributed by atoms with van der Waals surface area (Å²) in [6.45, 7) is 0.667. The number of benzene rings is 1. The molecule has 0 spiro atoms. The number of nitrogens with one attached hydrogen (secondary N) is 2. The predicted octanol–water partition coefficient (Wildman–Crippen LogP) is 1.78. The van der Waals surface area contributed by atoms with E-state index in [0.717, 1.165) is 5.56 Å². The lowest BCUT2D eigenvalue weighted by atomic mass is 10.2. The molecule has 3 rings (SSSR count). The zero-order chi connectivity index (χ0) is 14.8. The maximum absolute atomic E-state index is 12.1. The molecule has 0 atom stereocenters. The van der Waals surface area contributed by atoms with E-state index in [2.05, 4.69) is 15.6 Å². The van der Waals surface area contributed by atoms with Gasteiger partial charge >= 0.3 is 0 Å². The van der Waals surface area contributed by atoms with Gasteiger partial charge in [0, 0.05) is 13.6 Å². The number of fused-ring (bicyclic) bond motifs is 1. The summed E-state index contributed by atoms with van der Waals surface area (Å²) in [6.07, 6.45) is 0. The van der Waals surface area contributed by atoms with Crippen molar-refractivity contribution < 1.29 is 9.59 Å². The Morgan fingerprint density at radius 3 is 2.86 bits per heavy atom. The smallest absolute Gasteiger partial charge is 0.268 e. The number of anilines is 2. The average molecular weight is 302 g/mol. The lowest BCUT2D eigenvalue weighted by Gasteiger charge is -2.10. The molecule has 7 heteroatoms. The second kappa shape index (κ2) is 5.53. The van der Waals surface area contributed by atoms with Gasteiger partial charge in [0.05, 0.1) is 6.54 Å². The standard InChI is InChI=1S/C14H14N4O2S/c1-18-8-10(19)16-12-11(13(18)20)21-14(17-12)15-7-9-5-3-2-4-6-9/h2-6H,7-8H2,1H3,(H,15,17)(H,16,19). The van der Waals surface area contributed by atoms with Crippen LogP contribution in [-0.4, -0.2) is 35.3 Å². The number of hydrogen-bond donors (Lipinski definition) is 2. The number of hydrogen-bond acceptors (Lipinski definition) is 5. The molecule has 6 nitrogen and oxygen atoms in total. The van der Waals surface area contributed by atoms with E-state index < -0.39 is 0 Å². The molecule has 108 valence electrons. The number of amides is 2. The van der Waals surface area contributed by atoms with Crippen molar-refractivity contribution >= 4 is 34.1 Å². The monoisotopic (exact) mass is 302 g/mol. The van der Waals surface area contributed by atoms with Gasteiger partial charge < -0.3 is 15.5 Å². The van der Waals surface area contributed by atoms with Gasteiger partial charge in [0.2, 0.25) is 5.91 Å². The largest absolute Gasteiger partial charge is 0.357 e. The van der Waals surface area contributed by atoms with Crippen LogP contribution in [0.3, 0.4) is 0 Å². The fraction of sp³-hybridized carbons (Fsp3) is 0.214. The molecule has 2 amide bonds. The SMILES string of the molecule is CN1CC(=O)Nc2nc(NCc3ccccc3)sc2C1=O. The second-order valence-corrected chi connectivity index (χ2v) is 5.74. The molecule has 21 heavy (non-hydrogen) atoms. The Hall–Kier alpha value is -2.41. The maximum atomic E-state index is 12.1. The van der Waals surface area contributed by atoms with Crippen molar-refractivity contribution in [3.63, 3.8) is 0 Å². The molecule has 2 aromatic rings. The Bertz CT molecular complexity index is 684. The first-order valence-electron chi connectivity index (χ1n) is 6.47. The van der Waals surface area contributed by atoms with Crippen LogP contribution in [0.4, 0.5) is 10.9 Å². The Morgan fingerprint density at radius 1 is 1.33 bits per heavy atom. The Morgan fingerprint density at radius 2 is 2.10 bits per heavy atom. The van der Waals surface area contributed by atoms with Gasteiger partial charge in [0.25, 0.3) is 5.91 Å². The Balaban J connectivity index is 1.79. The van der Waals surface area contributed by atoms with Crippen LogP contribution in [0.25, 0.3) is 0 Å². The summed E-state index contributed by atoms with van der Waals surface area (Å²) < 4.78 is 0. The molecular weight excluding hydrogens is 288 g/mol. The highest BCUT2D eigenvalue weighted by atomic mass is 32.1. The molecule has 0 saturated carbocycles. The number of rotatable bonds is 3. The molecule has 0 aliphatic carbocycles. The summed E-state index contributed by atoms with van der Waals surface area (Å²) in [7, 11) is 1.60. The highest BCUT2D eigenvalue weighted by Gasteiger charge is 2.27. The highest BCUT2D eigenvalue weighted by molar-refractivity contribution is 7.18. The lowest BCUT2D eigenvalue weighted by Crippen LogP contribution is -2.31. The van der Waals surface area contributed by atoms with Gasteiger partial charge in [-0.2, -0.15) is 0 Å². The molecule has 1 aromatic carbocycles. The topological polar surface area (TPSA) is 74.3 Å². The van der Waals surface area contributed by atoms with Gasteiger partial charge in [-0.05, 0) is 5.56 Å². The number of carbonyl (C=O) groups is 2. The summed E-state index contributed by atoms with van der Waals surface area (Å²) in [5, 5.41) is 6.45. The maximum Gasteiger partial charge on any atom is 0.268 e. The fourth-order valence-corrected chi connectivity index (χ4v) is 2.94. The lowest BCUT2D eigenvalue weighted by molar-refractivity contribution is -0.116. The van der Waals surface area contributed by atoms with Gasteiger partial charge in [-0.3, -0.25) is 9.59 Å². The summed E-state index contributed by atoms with van der Waals surface area (Å²) in [4.78, 5) is 29.9. The molecule has 1 aromatic heterocycles. The van der Waals surface area contributed by atoms with Crippen molar-refractivity contribution in [2.24, 2.45) is 0 Å². The molecule has 2 N–H and O–H groups in total. The van der Waals surface area contributed by atoms with E-state index in [1.807, 2.05) is 30.3 Å². The minimum Gasteiger partial charge on any atom is -0.357 e. The van der Waals surface area contributed by atoms with Crippen molar-refractivity contribution in [1.29, 1.82) is 0 Å². The molecule has 1 aliphatic rings. The Kier molecular flexibility index (Phi) is 3.57. The zero-order valence-electron chi connectivity index (χ0n) is 11.4. The number of aromatic nitrogens is 1. The van der Waals surface area contributed by atoms with Crippen LogP contribution in [0.2, 0.25) is 0 Å². The van der Waals surface area contributed by atoms with E-state index in [-0.39, 0.29) is 18.4 Å². The zero-order valence-corrected chi connectivity index (χ0v) is 12.2. The molecule has 0 bridgehead atoms. The first-order chi connectivity index (χ1) is 10.1.